The van der Waals surface area contributed by atoms with Crippen molar-refractivity contribution in [3.05, 3.63) is 64.9 Å². The fraction of sp³-hybridized carbons (Fsp3) is 0.531. The van der Waals surface area contributed by atoms with E-state index in [1.54, 1.807) is 24.8 Å². The van der Waals surface area contributed by atoms with Crippen LogP contribution in [0.15, 0.2) is 40.8 Å². The van der Waals surface area contributed by atoms with Crippen molar-refractivity contribution in [1.29, 1.82) is 0 Å². The second-order valence-corrected chi connectivity index (χ2v) is 11.6. The number of oxazole rings is 1. The first kappa shape index (κ1) is 31.1. The van der Waals surface area contributed by atoms with Gasteiger partial charge in [0, 0.05) is 18.5 Å². The lowest BCUT2D eigenvalue weighted by molar-refractivity contribution is -0.149. The van der Waals surface area contributed by atoms with Crippen LogP contribution < -0.4 is 10.5 Å². The van der Waals surface area contributed by atoms with Crippen LogP contribution in [0.3, 0.4) is 0 Å². The number of carbonyl (C=O) groups excluding carboxylic acids is 1. The van der Waals surface area contributed by atoms with E-state index in [4.69, 9.17) is 14.9 Å². The Hall–Kier alpha value is -3.39. The summed E-state index contributed by atoms with van der Waals surface area (Å²) in [5, 5.41) is 10.3. The predicted molar refractivity (Wildman–Crippen MR) is 157 cm³/mol. The highest BCUT2D eigenvalue weighted by Crippen LogP contribution is 2.41. The summed E-state index contributed by atoms with van der Waals surface area (Å²) in [5.41, 5.74) is 7.94. The summed E-state index contributed by atoms with van der Waals surface area (Å²) >= 11 is 0. The second kappa shape index (κ2) is 13.8. The Kier molecular flexibility index (Phi) is 10.7. The predicted octanol–water partition coefficient (Wildman–Crippen LogP) is 5.88. The Morgan fingerprint density at radius 2 is 2.05 bits per heavy atom. The SMILES string of the molecule is CCCC=CC(=O)N1CCc2ccc(OCCc3nc(C=CCC(C)C)oc3C)cc2C1C(C(=O)O)C(C)(C)N. The van der Waals surface area contributed by atoms with Gasteiger partial charge in [-0.05, 0) is 81.4 Å². The molecule has 1 aromatic carbocycles. The molecule has 8 nitrogen and oxygen atoms in total. The zero-order valence-electron chi connectivity index (χ0n) is 24.8. The molecule has 1 aliphatic rings. The van der Waals surface area contributed by atoms with Gasteiger partial charge < -0.3 is 24.9 Å². The third-order valence-corrected chi connectivity index (χ3v) is 7.16. The van der Waals surface area contributed by atoms with E-state index in [-0.39, 0.29) is 5.91 Å². The zero-order valence-corrected chi connectivity index (χ0v) is 24.8. The topological polar surface area (TPSA) is 119 Å². The van der Waals surface area contributed by atoms with Crippen molar-refractivity contribution in [2.45, 2.75) is 85.2 Å². The Balaban J connectivity index is 1.83. The Morgan fingerprint density at radius 1 is 1.30 bits per heavy atom. The molecule has 0 aliphatic carbocycles. The van der Waals surface area contributed by atoms with E-state index in [1.165, 1.54) is 0 Å². The fourth-order valence-corrected chi connectivity index (χ4v) is 5.09. The molecule has 0 spiro atoms. The number of ether oxygens (including phenoxy) is 1. The third kappa shape index (κ3) is 8.07. The summed E-state index contributed by atoms with van der Waals surface area (Å²) in [6, 6.07) is 5.01. The summed E-state index contributed by atoms with van der Waals surface area (Å²) in [5.74, 6) is 0.282. The number of aryl methyl sites for hydroxylation is 1. The lowest BCUT2D eigenvalue weighted by atomic mass is 9.75. The molecule has 0 radical (unpaired) electrons. The molecular formula is C32H45N3O5. The molecule has 3 rings (SSSR count). The summed E-state index contributed by atoms with van der Waals surface area (Å²) < 4.78 is 11.9. The molecule has 1 aromatic heterocycles. The van der Waals surface area contributed by atoms with E-state index < -0.39 is 23.5 Å². The van der Waals surface area contributed by atoms with E-state index in [9.17, 15) is 14.7 Å². The Labute approximate surface area is 238 Å². The van der Waals surface area contributed by atoms with Crippen molar-refractivity contribution in [3.63, 3.8) is 0 Å². The molecular weight excluding hydrogens is 506 g/mol. The monoisotopic (exact) mass is 551 g/mol. The average Bonchev–Trinajstić information content (AvgIpc) is 3.22. The van der Waals surface area contributed by atoms with Gasteiger partial charge >= 0.3 is 5.97 Å². The third-order valence-electron chi connectivity index (χ3n) is 7.16. The van der Waals surface area contributed by atoms with Crippen LogP contribution >= 0.6 is 0 Å². The number of carboxylic acids is 1. The number of allylic oxidation sites excluding steroid dienone is 2. The van der Waals surface area contributed by atoms with Crippen LogP contribution in [0.1, 0.15) is 88.4 Å². The highest BCUT2D eigenvalue weighted by Gasteiger charge is 2.45. The van der Waals surface area contributed by atoms with Gasteiger partial charge in [-0.3, -0.25) is 9.59 Å². The maximum absolute atomic E-state index is 13.2. The number of hydrogen-bond donors (Lipinski definition) is 2. The van der Waals surface area contributed by atoms with Gasteiger partial charge in [0.05, 0.1) is 24.3 Å². The van der Waals surface area contributed by atoms with Gasteiger partial charge in [0.15, 0.2) is 0 Å². The van der Waals surface area contributed by atoms with Gasteiger partial charge in [-0.15, -0.1) is 0 Å². The Morgan fingerprint density at radius 3 is 2.70 bits per heavy atom. The number of aromatic nitrogens is 1. The van der Waals surface area contributed by atoms with Crippen molar-refractivity contribution in [3.8, 4) is 5.75 Å². The minimum Gasteiger partial charge on any atom is -0.493 e. The van der Waals surface area contributed by atoms with Crippen molar-refractivity contribution in [1.82, 2.24) is 9.88 Å². The van der Waals surface area contributed by atoms with Crippen molar-refractivity contribution < 1.29 is 23.8 Å². The van der Waals surface area contributed by atoms with Crippen molar-refractivity contribution in [2.75, 3.05) is 13.2 Å². The quantitative estimate of drug-likeness (QED) is 0.298. The number of amides is 1. The molecule has 1 amide bonds. The molecule has 0 saturated heterocycles. The molecule has 3 N–H and O–H groups in total. The molecule has 2 unspecified atom stereocenters. The minimum atomic E-state index is -1.07. The number of fused-ring (bicyclic) bond motifs is 1. The molecule has 8 heteroatoms. The molecule has 2 atom stereocenters. The molecule has 2 heterocycles. The summed E-state index contributed by atoms with van der Waals surface area (Å²) in [7, 11) is 0. The highest BCUT2D eigenvalue weighted by molar-refractivity contribution is 5.89. The number of nitrogens with two attached hydrogens (primary N) is 1. The molecule has 0 bridgehead atoms. The van der Waals surface area contributed by atoms with E-state index in [1.807, 2.05) is 44.2 Å². The Bertz CT molecular complexity index is 1220. The smallest absolute Gasteiger partial charge is 0.310 e. The van der Waals surface area contributed by atoms with E-state index in [0.29, 0.717) is 43.6 Å². The number of rotatable bonds is 13. The van der Waals surface area contributed by atoms with Crippen LogP contribution in [-0.4, -0.2) is 45.6 Å². The molecule has 0 saturated carbocycles. The molecule has 40 heavy (non-hydrogen) atoms. The zero-order chi connectivity index (χ0) is 29.4. The minimum absolute atomic E-state index is 0.203. The number of nitrogens with zero attached hydrogens (tertiary/aromatic N) is 2. The largest absolute Gasteiger partial charge is 0.493 e. The van der Waals surface area contributed by atoms with Crippen LogP contribution in [0.2, 0.25) is 0 Å². The van der Waals surface area contributed by atoms with Gasteiger partial charge in [-0.1, -0.05) is 45.4 Å². The molecule has 218 valence electrons. The van der Waals surface area contributed by atoms with Gasteiger partial charge in [-0.25, -0.2) is 4.98 Å². The van der Waals surface area contributed by atoms with Crippen LogP contribution in [0.5, 0.6) is 5.75 Å². The van der Waals surface area contributed by atoms with Gasteiger partial charge in [0.2, 0.25) is 11.8 Å². The first-order valence-corrected chi connectivity index (χ1v) is 14.3. The number of aliphatic carboxylic acids is 1. The van der Waals surface area contributed by atoms with Crippen LogP contribution in [0.4, 0.5) is 0 Å². The highest BCUT2D eigenvalue weighted by atomic mass is 16.5. The van der Waals surface area contributed by atoms with Gasteiger partial charge in [-0.2, -0.15) is 0 Å². The van der Waals surface area contributed by atoms with Crippen LogP contribution in [0, 0.1) is 18.8 Å². The lowest BCUT2D eigenvalue weighted by Gasteiger charge is -2.44. The first-order chi connectivity index (χ1) is 18.9. The molecule has 0 fully saturated rings. The average molecular weight is 552 g/mol. The van der Waals surface area contributed by atoms with Crippen LogP contribution in [-0.2, 0) is 22.4 Å². The summed E-state index contributed by atoms with van der Waals surface area (Å²) in [6.45, 7) is 12.5. The first-order valence-electron chi connectivity index (χ1n) is 14.3. The number of hydrogen-bond acceptors (Lipinski definition) is 6. The van der Waals surface area contributed by atoms with E-state index in [0.717, 1.165) is 41.8 Å². The number of carbonyl (C=O) groups is 2. The summed E-state index contributed by atoms with van der Waals surface area (Å²) in [4.78, 5) is 32.0. The molecule has 1 aliphatic heterocycles. The maximum Gasteiger partial charge on any atom is 0.310 e. The maximum atomic E-state index is 13.2. The van der Waals surface area contributed by atoms with E-state index in [2.05, 4.69) is 24.9 Å². The van der Waals surface area contributed by atoms with Gasteiger partial charge in [0.1, 0.15) is 11.5 Å². The standard InChI is InChI=1S/C32H45N3O5/c1-7-8-9-13-28(36)35-18-16-23-14-15-24(20-25(23)30(35)29(31(37)38)32(5,6)33)39-19-17-26-22(4)40-27(34-26)12-10-11-21(2)3/h9-10,12-15,20-21,29-30H,7-8,11,16-19,33H2,1-6H3,(H,37,38). The van der Waals surface area contributed by atoms with Crippen molar-refractivity contribution in [2.24, 2.45) is 17.6 Å². The number of carboxylic acid groups (broad SMARTS) is 1. The number of benzene rings is 1. The second-order valence-electron chi connectivity index (χ2n) is 11.6. The van der Waals surface area contributed by atoms with Crippen LogP contribution in [0.25, 0.3) is 6.08 Å². The van der Waals surface area contributed by atoms with E-state index >= 15 is 0 Å². The summed E-state index contributed by atoms with van der Waals surface area (Å²) in [6.07, 6.45) is 11.2. The number of unbranched alkanes of at least 4 members (excludes halogenated alkanes) is 1. The normalized spacial score (nSPS) is 16.6. The van der Waals surface area contributed by atoms with Crippen molar-refractivity contribution >= 4 is 18.0 Å². The fourth-order valence-electron chi connectivity index (χ4n) is 5.09. The van der Waals surface area contributed by atoms with Gasteiger partial charge in [0.25, 0.3) is 0 Å². The molecule has 2 aromatic rings. The lowest BCUT2D eigenvalue weighted by Crippen LogP contribution is -2.54.